The van der Waals surface area contributed by atoms with Crippen molar-refractivity contribution in [1.29, 1.82) is 0 Å². The Kier molecular flexibility index (Phi) is 6.36. The van der Waals surface area contributed by atoms with Gasteiger partial charge in [-0.25, -0.2) is 0 Å². The molecule has 106 valence electrons. The fourth-order valence-electron chi connectivity index (χ4n) is 1.81. The summed E-state index contributed by atoms with van der Waals surface area (Å²) in [4.78, 5) is 13.7. The van der Waals surface area contributed by atoms with Crippen LogP contribution in [0.25, 0.3) is 0 Å². The predicted octanol–water partition coefficient (Wildman–Crippen LogP) is 2.03. The lowest BCUT2D eigenvalue weighted by molar-refractivity contribution is -0.130. The third kappa shape index (κ3) is 5.30. The minimum atomic E-state index is 0.156. The maximum Gasteiger partial charge on any atom is 0.222 e. The molecule has 0 aliphatic carbocycles. The van der Waals surface area contributed by atoms with Crippen LogP contribution in [0.4, 0.5) is 0 Å². The molecule has 1 rings (SSSR count). The Balaban J connectivity index is 2.48. The van der Waals surface area contributed by atoms with E-state index in [1.54, 1.807) is 12.0 Å². The number of methoxy groups -OCH3 is 1. The van der Waals surface area contributed by atoms with Gasteiger partial charge in [0.1, 0.15) is 5.75 Å². The molecule has 19 heavy (non-hydrogen) atoms. The first kappa shape index (κ1) is 15.5. The van der Waals surface area contributed by atoms with Gasteiger partial charge in [-0.1, -0.05) is 19.1 Å². The molecule has 1 unspecified atom stereocenters. The molecule has 2 N–H and O–H groups in total. The van der Waals surface area contributed by atoms with E-state index in [2.05, 4.69) is 6.92 Å². The summed E-state index contributed by atoms with van der Waals surface area (Å²) in [5.41, 5.74) is 6.62. The Morgan fingerprint density at radius 3 is 2.84 bits per heavy atom. The predicted molar refractivity (Wildman–Crippen MR) is 76.9 cm³/mol. The van der Waals surface area contributed by atoms with E-state index in [4.69, 9.17) is 10.5 Å². The molecule has 4 heteroatoms. The van der Waals surface area contributed by atoms with E-state index in [-0.39, 0.29) is 5.91 Å². The van der Waals surface area contributed by atoms with Crippen molar-refractivity contribution in [3.63, 3.8) is 0 Å². The van der Waals surface area contributed by atoms with Crippen LogP contribution in [-0.2, 0) is 11.3 Å². The number of nitrogens with zero attached hydrogens (tertiary/aromatic N) is 1. The quantitative estimate of drug-likeness (QED) is 0.820. The molecule has 1 aromatic carbocycles. The van der Waals surface area contributed by atoms with Crippen molar-refractivity contribution in [1.82, 2.24) is 4.90 Å². The van der Waals surface area contributed by atoms with E-state index < -0.39 is 0 Å². The lowest BCUT2D eigenvalue weighted by Crippen LogP contribution is -2.26. The van der Waals surface area contributed by atoms with E-state index in [1.807, 2.05) is 31.3 Å². The smallest absolute Gasteiger partial charge is 0.222 e. The van der Waals surface area contributed by atoms with Crippen LogP contribution in [-0.4, -0.2) is 31.5 Å². The van der Waals surface area contributed by atoms with Crippen molar-refractivity contribution in [2.45, 2.75) is 26.3 Å². The average molecular weight is 264 g/mol. The summed E-state index contributed by atoms with van der Waals surface area (Å²) in [6, 6.07) is 7.78. The average Bonchev–Trinajstić information content (AvgIpc) is 2.44. The summed E-state index contributed by atoms with van der Waals surface area (Å²) in [6.45, 7) is 3.30. The zero-order chi connectivity index (χ0) is 14.3. The largest absolute Gasteiger partial charge is 0.497 e. The van der Waals surface area contributed by atoms with Gasteiger partial charge in [-0.15, -0.1) is 0 Å². The van der Waals surface area contributed by atoms with E-state index in [0.717, 1.165) is 17.7 Å². The number of hydrogen-bond acceptors (Lipinski definition) is 3. The van der Waals surface area contributed by atoms with Gasteiger partial charge in [0.2, 0.25) is 5.91 Å². The van der Waals surface area contributed by atoms with Crippen molar-refractivity contribution >= 4 is 5.91 Å². The number of nitrogens with two attached hydrogens (primary N) is 1. The second-order valence-corrected chi connectivity index (χ2v) is 4.98. The Hall–Kier alpha value is -1.55. The van der Waals surface area contributed by atoms with E-state index in [0.29, 0.717) is 25.4 Å². The summed E-state index contributed by atoms with van der Waals surface area (Å²) in [7, 11) is 3.47. The van der Waals surface area contributed by atoms with E-state index in [1.165, 1.54) is 0 Å². The van der Waals surface area contributed by atoms with Crippen molar-refractivity contribution in [3.05, 3.63) is 29.8 Å². The molecular formula is C15H24N2O2. The van der Waals surface area contributed by atoms with Gasteiger partial charge in [0.05, 0.1) is 7.11 Å². The zero-order valence-corrected chi connectivity index (χ0v) is 12.1. The monoisotopic (exact) mass is 264 g/mol. The van der Waals surface area contributed by atoms with Crippen molar-refractivity contribution in [2.75, 3.05) is 20.7 Å². The highest BCUT2D eigenvalue weighted by Crippen LogP contribution is 2.14. The lowest BCUT2D eigenvalue weighted by atomic mass is 10.1. The molecule has 0 saturated heterocycles. The van der Waals surface area contributed by atoms with Crippen LogP contribution in [0.5, 0.6) is 5.75 Å². The molecule has 0 bridgehead atoms. The first-order chi connectivity index (χ1) is 9.06. The molecule has 1 aromatic rings. The number of carbonyl (C=O) groups is 1. The molecule has 1 atom stereocenters. The van der Waals surface area contributed by atoms with Gasteiger partial charge in [0, 0.05) is 20.0 Å². The van der Waals surface area contributed by atoms with Gasteiger partial charge in [0.15, 0.2) is 0 Å². The molecule has 0 radical (unpaired) electrons. The second-order valence-electron chi connectivity index (χ2n) is 4.98. The highest BCUT2D eigenvalue weighted by molar-refractivity contribution is 5.75. The maximum atomic E-state index is 12.0. The van der Waals surface area contributed by atoms with Crippen LogP contribution in [0.3, 0.4) is 0 Å². The van der Waals surface area contributed by atoms with Crippen LogP contribution in [0.1, 0.15) is 25.3 Å². The standard InChI is InChI=1S/C15H24N2O2/c1-12(10-16)7-8-15(18)17(2)11-13-5-4-6-14(9-13)19-3/h4-6,9,12H,7-8,10-11,16H2,1-3H3. The molecule has 1 amide bonds. The van der Waals surface area contributed by atoms with E-state index in [9.17, 15) is 4.79 Å². The topological polar surface area (TPSA) is 55.6 Å². The van der Waals surface area contributed by atoms with Gasteiger partial charge in [-0.3, -0.25) is 4.79 Å². The fourth-order valence-corrected chi connectivity index (χ4v) is 1.81. The summed E-state index contributed by atoms with van der Waals surface area (Å²) in [5.74, 6) is 1.37. The van der Waals surface area contributed by atoms with Gasteiger partial charge in [-0.2, -0.15) is 0 Å². The first-order valence-corrected chi connectivity index (χ1v) is 6.63. The van der Waals surface area contributed by atoms with Crippen molar-refractivity contribution in [2.24, 2.45) is 11.7 Å². The number of benzene rings is 1. The SMILES string of the molecule is COc1cccc(CN(C)C(=O)CCC(C)CN)c1. The minimum absolute atomic E-state index is 0.156. The van der Waals surface area contributed by atoms with Crippen LogP contribution in [0.15, 0.2) is 24.3 Å². The number of carbonyl (C=O) groups excluding carboxylic acids is 1. The minimum Gasteiger partial charge on any atom is -0.497 e. The zero-order valence-electron chi connectivity index (χ0n) is 12.1. The molecule has 0 heterocycles. The number of ether oxygens (including phenoxy) is 1. The summed E-state index contributed by atoms with van der Waals surface area (Å²) < 4.78 is 5.17. The molecule has 0 aliphatic heterocycles. The molecule has 0 saturated carbocycles. The Labute approximate surface area is 115 Å². The van der Waals surface area contributed by atoms with Crippen LogP contribution < -0.4 is 10.5 Å². The molecule has 4 nitrogen and oxygen atoms in total. The molecule has 0 fully saturated rings. The summed E-state index contributed by atoms with van der Waals surface area (Å²) in [5, 5.41) is 0. The highest BCUT2D eigenvalue weighted by atomic mass is 16.5. The Bertz CT molecular complexity index is 407. The number of hydrogen-bond donors (Lipinski definition) is 1. The Morgan fingerprint density at radius 1 is 1.47 bits per heavy atom. The van der Waals surface area contributed by atoms with Gasteiger partial charge >= 0.3 is 0 Å². The van der Waals surface area contributed by atoms with Gasteiger partial charge in [-0.05, 0) is 36.6 Å². The van der Waals surface area contributed by atoms with Gasteiger partial charge < -0.3 is 15.4 Å². The van der Waals surface area contributed by atoms with Crippen molar-refractivity contribution < 1.29 is 9.53 Å². The second kappa shape index (κ2) is 7.79. The maximum absolute atomic E-state index is 12.0. The normalized spacial score (nSPS) is 12.0. The van der Waals surface area contributed by atoms with Gasteiger partial charge in [0.25, 0.3) is 0 Å². The van der Waals surface area contributed by atoms with Crippen LogP contribution >= 0.6 is 0 Å². The number of rotatable bonds is 7. The van der Waals surface area contributed by atoms with Crippen LogP contribution in [0, 0.1) is 5.92 Å². The highest BCUT2D eigenvalue weighted by Gasteiger charge is 2.11. The lowest BCUT2D eigenvalue weighted by Gasteiger charge is -2.18. The fraction of sp³-hybridized carbons (Fsp3) is 0.533. The molecule has 0 aliphatic rings. The van der Waals surface area contributed by atoms with Crippen molar-refractivity contribution in [3.8, 4) is 5.75 Å². The van der Waals surface area contributed by atoms with Crippen LogP contribution in [0.2, 0.25) is 0 Å². The molecular weight excluding hydrogens is 240 g/mol. The first-order valence-electron chi connectivity index (χ1n) is 6.63. The Morgan fingerprint density at radius 2 is 2.21 bits per heavy atom. The third-order valence-corrected chi connectivity index (χ3v) is 3.23. The number of amides is 1. The third-order valence-electron chi connectivity index (χ3n) is 3.23. The molecule has 0 spiro atoms. The summed E-state index contributed by atoms with van der Waals surface area (Å²) in [6.07, 6.45) is 1.40. The summed E-state index contributed by atoms with van der Waals surface area (Å²) >= 11 is 0. The molecule has 0 aromatic heterocycles. The van der Waals surface area contributed by atoms with E-state index >= 15 is 0 Å².